The van der Waals surface area contributed by atoms with Crippen LogP contribution in [0.25, 0.3) is 0 Å². The van der Waals surface area contributed by atoms with Crippen LogP contribution in [0.3, 0.4) is 0 Å². The molecule has 1 fully saturated rings. The zero-order chi connectivity index (χ0) is 33.4. The van der Waals surface area contributed by atoms with Crippen LogP contribution in [0.5, 0.6) is 11.5 Å². The molecule has 0 heterocycles. The second-order valence-electron chi connectivity index (χ2n) is 11.8. The topological polar surface area (TPSA) is 105 Å². The summed E-state index contributed by atoms with van der Waals surface area (Å²) in [4.78, 5) is 29.4. The first-order valence-corrected chi connectivity index (χ1v) is 17.1. The number of amides is 2. The van der Waals surface area contributed by atoms with Crippen molar-refractivity contribution in [2.24, 2.45) is 0 Å². The van der Waals surface area contributed by atoms with E-state index in [0.29, 0.717) is 23.4 Å². The van der Waals surface area contributed by atoms with E-state index >= 15 is 0 Å². The molecule has 1 atom stereocenters. The molecule has 0 unspecified atom stereocenters. The molecule has 1 saturated carbocycles. The van der Waals surface area contributed by atoms with E-state index < -0.39 is 34.3 Å². The van der Waals surface area contributed by atoms with Crippen LogP contribution in [0.1, 0.15) is 62.1 Å². The minimum atomic E-state index is -4.33. The minimum Gasteiger partial charge on any atom is -0.493 e. The summed E-state index contributed by atoms with van der Waals surface area (Å²) in [6.07, 6.45) is 5.23. The van der Waals surface area contributed by atoms with Gasteiger partial charge in [-0.05, 0) is 86.2 Å². The third-order valence-corrected chi connectivity index (χ3v) is 10.1. The first-order valence-electron chi connectivity index (χ1n) is 15.6. The van der Waals surface area contributed by atoms with Crippen LogP contribution in [0.4, 0.5) is 10.1 Å². The van der Waals surface area contributed by atoms with Crippen molar-refractivity contribution >= 4 is 27.5 Å². The van der Waals surface area contributed by atoms with Crippen LogP contribution in [0.15, 0.2) is 65.6 Å². The number of hydrogen-bond acceptors (Lipinski definition) is 6. The molecule has 0 aromatic heterocycles. The van der Waals surface area contributed by atoms with Gasteiger partial charge in [0, 0.05) is 18.7 Å². The first-order chi connectivity index (χ1) is 22.0. The predicted octanol–water partition coefficient (Wildman–Crippen LogP) is 5.91. The number of sulfonamides is 1. The van der Waals surface area contributed by atoms with Gasteiger partial charge >= 0.3 is 0 Å². The monoisotopic (exact) mass is 653 g/mol. The number of halogens is 1. The van der Waals surface area contributed by atoms with Crippen LogP contribution < -0.4 is 19.1 Å². The number of carbonyl (C=O) groups excluding carboxylic acids is 2. The van der Waals surface area contributed by atoms with Crippen molar-refractivity contribution in [2.75, 3.05) is 25.1 Å². The summed E-state index contributed by atoms with van der Waals surface area (Å²) in [5.74, 6) is -0.705. The molecule has 0 spiro atoms. The van der Waals surface area contributed by atoms with E-state index in [4.69, 9.17) is 9.47 Å². The lowest BCUT2D eigenvalue weighted by Crippen LogP contribution is -2.54. The number of ether oxygens (including phenoxy) is 2. The molecule has 4 rings (SSSR count). The molecule has 3 aromatic carbocycles. The second kappa shape index (κ2) is 15.4. The van der Waals surface area contributed by atoms with Gasteiger partial charge in [-0.2, -0.15) is 0 Å². The number of rotatable bonds is 13. The molecule has 0 radical (unpaired) electrons. The fourth-order valence-electron chi connectivity index (χ4n) is 5.98. The van der Waals surface area contributed by atoms with Crippen molar-refractivity contribution in [2.45, 2.75) is 82.8 Å². The Bertz CT molecular complexity index is 1600. The highest BCUT2D eigenvalue weighted by atomic mass is 32.2. The summed E-state index contributed by atoms with van der Waals surface area (Å²) in [5.41, 5.74) is 2.55. The van der Waals surface area contributed by atoms with Gasteiger partial charge in [-0.15, -0.1) is 0 Å². The molecule has 0 aliphatic heterocycles. The summed E-state index contributed by atoms with van der Waals surface area (Å²) >= 11 is 0. The lowest BCUT2D eigenvalue weighted by Gasteiger charge is -2.34. The average molecular weight is 654 g/mol. The Morgan fingerprint density at radius 1 is 0.913 bits per heavy atom. The average Bonchev–Trinajstić information content (AvgIpc) is 3.03. The van der Waals surface area contributed by atoms with Crippen molar-refractivity contribution in [3.8, 4) is 11.5 Å². The standard InChI is InChI=1S/C35H44FN3O6S/c1-6-31(35(41)37-28-10-8-7-9-11-28)38(22-26-12-14-27(36)15-13-26)34(40)23-39(29-19-24(2)18-25(3)20-29)46(42,43)30-16-17-32(44-4)33(21-30)45-5/h12-21,28,31H,6-11,22-23H2,1-5H3,(H,37,41)/t31-/m0/s1. The molecule has 9 nitrogen and oxygen atoms in total. The van der Waals surface area contributed by atoms with Gasteiger partial charge in [-0.3, -0.25) is 13.9 Å². The maximum absolute atomic E-state index is 14.4. The zero-order valence-electron chi connectivity index (χ0n) is 27.2. The third-order valence-electron chi connectivity index (χ3n) is 8.32. The van der Waals surface area contributed by atoms with E-state index in [9.17, 15) is 22.4 Å². The molecule has 46 heavy (non-hydrogen) atoms. The minimum absolute atomic E-state index is 0.00714. The van der Waals surface area contributed by atoms with Gasteiger partial charge in [-0.25, -0.2) is 12.8 Å². The van der Waals surface area contributed by atoms with E-state index in [1.807, 2.05) is 26.8 Å². The molecule has 3 aromatic rings. The Labute approximate surface area is 271 Å². The Morgan fingerprint density at radius 3 is 2.13 bits per heavy atom. The van der Waals surface area contributed by atoms with E-state index in [1.54, 1.807) is 24.3 Å². The third kappa shape index (κ3) is 8.37. The Balaban J connectivity index is 1.76. The highest BCUT2D eigenvalue weighted by molar-refractivity contribution is 7.92. The Morgan fingerprint density at radius 2 is 1.54 bits per heavy atom. The largest absolute Gasteiger partial charge is 0.493 e. The summed E-state index contributed by atoms with van der Waals surface area (Å²) in [6, 6.07) is 14.4. The quantitative estimate of drug-likeness (QED) is 0.246. The van der Waals surface area contributed by atoms with E-state index in [0.717, 1.165) is 47.5 Å². The normalized spacial score (nSPS) is 14.3. The van der Waals surface area contributed by atoms with Crippen LogP contribution >= 0.6 is 0 Å². The molecule has 0 bridgehead atoms. The number of hydrogen-bond donors (Lipinski definition) is 1. The molecule has 248 valence electrons. The molecule has 1 N–H and O–H groups in total. The van der Waals surface area contributed by atoms with Gasteiger partial charge in [-0.1, -0.05) is 44.4 Å². The first kappa shape index (κ1) is 34.7. The number of anilines is 1. The Hall–Kier alpha value is -4.12. The summed E-state index contributed by atoms with van der Waals surface area (Å²) in [7, 11) is -1.46. The number of methoxy groups -OCH3 is 2. The van der Waals surface area contributed by atoms with Gasteiger partial charge in [0.25, 0.3) is 10.0 Å². The highest BCUT2D eigenvalue weighted by Crippen LogP contribution is 2.33. The predicted molar refractivity (Wildman–Crippen MR) is 176 cm³/mol. The fraction of sp³-hybridized carbons (Fsp3) is 0.429. The molecule has 11 heteroatoms. The molecular weight excluding hydrogens is 609 g/mol. The number of nitrogens with zero attached hydrogens (tertiary/aromatic N) is 2. The second-order valence-corrected chi connectivity index (χ2v) is 13.7. The smallest absolute Gasteiger partial charge is 0.264 e. The zero-order valence-corrected chi connectivity index (χ0v) is 28.0. The number of nitrogens with one attached hydrogen (secondary N) is 1. The Kier molecular flexibility index (Phi) is 11.7. The maximum Gasteiger partial charge on any atom is 0.264 e. The van der Waals surface area contributed by atoms with Gasteiger partial charge in [0.05, 0.1) is 24.8 Å². The van der Waals surface area contributed by atoms with Gasteiger partial charge < -0.3 is 19.7 Å². The fourth-order valence-corrected chi connectivity index (χ4v) is 7.39. The molecule has 1 aliphatic rings. The van der Waals surface area contributed by atoms with Crippen molar-refractivity contribution in [1.29, 1.82) is 0 Å². The van der Waals surface area contributed by atoms with Gasteiger partial charge in [0.1, 0.15) is 18.4 Å². The van der Waals surface area contributed by atoms with Crippen LogP contribution in [-0.2, 0) is 26.2 Å². The maximum atomic E-state index is 14.4. The van der Waals surface area contributed by atoms with E-state index in [1.165, 1.54) is 49.5 Å². The number of carbonyl (C=O) groups is 2. The van der Waals surface area contributed by atoms with E-state index in [2.05, 4.69) is 5.32 Å². The summed E-state index contributed by atoms with van der Waals surface area (Å²) < 4.78 is 54.2. The van der Waals surface area contributed by atoms with Gasteiger partial charge in [0.15, 0.2) is 11.5 Å². The molecule has 2 amide bonds. The van der Waals surface area contributed by atoms with Crippen molar-refractivity contribution < 1.29 is 31.9 Å². The van der Waals surface area contributed by atoms with Crippen LogP contribution in [0, 0.1) is 19.7 Å². The summed E-state index contributed by atoms with van der Waals surface area (Å²) in [6.45, 7) is 4.94. The van der Waals surface area contributed by atoms with Crippen molar-refractivity contribution in [1.82, 2.24) is 10.2 Å². The van der Waals surface area contributed by atoms with Crippen molar-refractivity contribution in [3.63, 3.8) is 0 Å². The SMILES string of the molecule is CC[C@@H](C(=O)NC1CCCCC1)N(Cc1ccc(F)cc1)C(=O)CN(c1cc(C)cc(C)c1)S(=O)(=O)c1ccc(OC)c(OC)c1. The van der Waals surface area contributed by atoms with Gasteiger partial charge in [0.2, 0.25) is 11.8 Å². The number of benzene rings is 3. The van der Waals surface area contributed by atoms with Crippen LogP contribution in [0.2, 0.25) is 0 Å². The molecule has 1 aliphatic carbocycles. The lowest BCUT2D eigenvalue weighted by atomic mass is 9.95. The highest BCUT2D eigenvalue weighted by Gasteiger charge is 2.35. The van der Waals surface area contributed by atoms with Crippen molar-refractivity contribution in [3.05, 3.63) is 83.2 Å². The van der Waals surface area contributed by atoms with Crippen LogP contribution in [-0.4, -0.2) is 58.0 Å². The molecular formula is C35H44FN3O6S. The number of aryl methyl sites for hydroxylation is 2. The lowest BCUT2D eigenvalue weighted by molar-refractivity contribution is -0.140. The van der Waals surface area contributed by atoms with E-state index in [-0.39, 0.29) is 29.1 Å². The summed E-state index contributed by atoms with van der Waals surface area (Å²) in [5, 5.41) is 3.13. The molecule has 0 saturated heterocycles.